The Morgan fingerprint density at radius 3 is 2.33 bits per heavy atom. The van der Waals surface area contributed by atoms with E-state index < -0.39 is 6.09 Å². The maximum Gasteiger partial charge on any atom is 0.411 e. The molecule has 4 N–H and O–H groups in total. The highest BCUT2D eigenvalue weighted by atomic mass is 16.6. The number of ketones is 1. The third-order valence-corrected chi connectivity index (χ3v) is 6.84. The van der Waals surface area contributed by atoms with Crippen LogP contribution < -0.4 is 16.0 Å². The molecule has 4 rings (SSSR count). The van der Waals surface area contributed by atoms with E-state index in [0.717, 1.165) is 61.4 Å². The van der Waals surface area contributed by atoms with Crippen molar-refractivity contribution in [2.24, 2.45) is 0 Å². The van der Waals surface area contributed by atoms with Gasteiger partial charge in [-0.15, -0.1) is 0 Å². The van der Waals surface area contributed by atoms with Crippen LogP contribution >= 0.6 is 0 Å². The number of para-hydroxylation sites is 1. The summed E-state index contributed by atoms with van der Waals surface area (Å²) >= 11 is 0. The zero-order chi connectivity index (χ0) is 27.3. The van der Waals surface area contributed by atoms with Crippen molar-refractivity contribution < 1.29 is 19.4 Å². The van der Waals surface area contributed by atoms with Crippen LogP contribution in [-0.2, 0) is 11.3 Å². The molecule has 0 radical (unpaired) electrons. The topological polar surface area (TPSA) is 103 Å². The fourth-order valence-corrected chi connectivity index (χ4v) is 4.66. The molecule has 0 aromatic heterocycles. The average molecular weight is 531 g/mol. The van der Waals surface area contributed by atoms with E-state index in [1.165, 1.54) is 0 Å². The first-order valence-electron chi connectivity index (χ1n) is 13.6. The van der Waals surface area contributed by atoms with Crippen molar-refractivity contribution in [2.45, 2.75) is 25.5 Å². The molecule has 1 fully saturated rings. The van der Waals surface area contributed by atoms with E-state index in [1.807, 2.05) is 78.9 Å². The Morgan fingerprint density at radius 1 is 0.872 bits per heavy atom. The summed E-state index contributed by atoms with van der Waals surface area (Å²) in [6.45, 7) is 4.88. The number of rotatable bonds is 13. The molecule has 3 aromatic carbocycles. The van der Waals surface area contributed by atoms with Crippen LogP contribution in [0.15, 0.2) is 78.9 Å². The summed E-state index contributed by atoms with van der Waals surface area (Å²) in [4.78, 5) is 27.4. The first-order chi connectivity index (χ1) is 19.1. The summed E-state index contributed by atoms with van der Waals surface area (Å²) in [7, 11) is 0. The number of piperidine rings is 1. The van der Waals surface area contributed by atoms with Gasteiger partial charge in [-0.3, -0.25) is 10.1 Å². The molecule has 8 heteroatoms. The molecular formula is C31H38N4O4. The highest BCUT2D eigenvalue weighted by Gasteiger charge is 2.22. The number of benzene rings is 3. The lowest BCUT2D eigenvalue weighted by Gasteiger charge is -2.31. The van der Waals surface area contributed by atoms with Gasteiger partial charge in [0, 0.05) is 50.4 Å². The normalized spacial score (nSPS) is 14.2. The molecule has 1 aliphatic rings. The summed E-state index contributed by atoms with van der Waals surface area (Å²) in [6, 6.07) is 25.3. The van der Waals surface area contributed by atoms with E-state index in [1.54, 1.807) is 0 Å². The number of ether oxygens (including phenoxy) is 1. The van der Waals surface area contributed by atoms with Crippen molar-refractivity contribution in [2.75, 3.05) is 51.2 Å². The molecule has 3 aromatic rings. The number of nitrogens with one attached hydrogen (secondary N) is 3. The summed E-state index contributed by atoms with van der Waals surface area (Å²) < 4.78 is 5.72. The smallest absolute Gasteiger partial charge is 0.411 e. The molecule has 8 nitrogen and oxygen atoms in total. The molecule has 0 saturated carbocycles. The maximum absolute atomic E-state index is 12.6. The van der Waals surface area contributed by atoms with Crippen molar-refractivity contribution >= 4 is 17.6 Å². The Balaban J connectivity index is 1.12. The summed E-state index contributed by atoms with van der Waals surface area (Å²) in [5, 5.41) is 18.1. The van der Waals surface area contributed by atoms with E-state index in [9.17, 15) is 9.59 Å². The van der Waals surface area contributed by atoms with Crippen LogP contribution in [-0.4, -0.2) is 73.9 Å². The number of anilines is 1. The summed E-state index contributed by atoms with van der Waals surface area (Å²) in [5.41, 5.74) is 4.50. The number of Topliss-reactive ketones (excluding diaryl/α,β-unsaturated/α-hetero) is 1. The molecule has 1 saturated heterocycles. The quantitative estimate of drug-likeness (QED) is 0.196. The van der Waals surface area contributed by atoms with E-state index in [2.05, 4.69) is 20.9 Å². The van der Waals surface area contributed by atoms with E-state index >= 15 is 0 Å². The second-order valence-electron chi connectivity index (χ2n) is 9.68. The average Bonchev–Trinajstić information content (AvgIpc) is 2.97. The number of carbonyl (C=O) groups excluding carboxylic acids is 2. The third-order valence-electron chi connectivity index (χ3n) is 6.84. The standard InChI is InChI=1S/C31H38N4O4/c36-21-17-33-22-24-10-12-26(13-11-24)30(37)23-32-16-20-35-18-14-27(15-19-35)39-31(38)34-29-9-5-4-8-28(29)25-6-2-1-3-7-25/h1-13,27,32-33,36H,14-23H2,(H,34,38). The number of hydrogen-bond acceptors (Lipinski definition) is 7. The zero-order valence-corrected chi connectivity index (χ0v) is 22.3. The van der Waals surface area contributed by atoms with E-state index in [4.69, 9.17) is 9.84 Å². The van der Waals surface area contributed by atoms with Crippen molar-refractivity contribution in [1.29, 1.82) is 0 Å². The molecule has 1 heterocycles. The lowest BCUT2D eigenvalue weighted by atomic mass is 10.0. The predicted octanol–water partition coefficient (Wildman–Crippen LogP) is 3.92. The van der Waals surface area contributed by atoms with Crippen molar-refractivity contribution in [3.63, 3.8) is 0 Å². The Hall–Kier alpha value is -3.56. The Labute approximate surface area is 230 Å². The lowest BCUT2D eigenvalue weighted by Crippen LogP contribution is -2.42. The van der Waals surface area contributed by atoms with Crippen LogP contribution in [0.5, 0.6) is 0 Å². The fourth-order valence-electron chi connectivity index (χ4n) is 4.66. The van der Waals surface area contributed by atoms with Gasteiger partial charge in [-0.2, -0.15) is 0 Å². The van der Waals surface area contributed by atoms with Gasteiger partial charge in [0.1, 0.15) is 6.10 Å². The van der Waals surface area contributed by atoms with Gasteiger partial charge >= 0.3 is 6.09 Å². The van der Waals surface area contributed by atoms with Gasteiger partial charge in [-0.25, -0.2) is 4.79 Å². The van der Waals surface area contributed by atoms with Gasteiger partial charge in [0.05, 0.1) is 18.8 Å². The van der Waals surface area contributed by atoms with Crippen LogP contribution in [0, 0.1) is 0 Å². The third kappa shape index (κ3) is 9.01. The largest absolute Gasteiger partial charge is 0.446 e. The first-order valence-corrected chi connectivity index (χ1v) is 13.6. The molecule has 0 aliphatic carbocycles. The predicted molar refractivity (Wildman–Crippen MR) is 154 cm³/mol. The molecule has 206 valence electrons. The first kappa shape index (κ1) is 28.4. The number of nitrogens with zero attached hydrogens (tertiary/aromatic N) is 1. The van der Waals surface area contributed by atoms with Crippen molar-refractivity contribution in [3.05, 3.63) is 90.0 Å². The Bertz CT molecular complexity index is 1180. The highest BCUT2D eigenvalue weighted by molar-refractivity contribution is 5.97. The molecule has 0 atom stereocenters. The van der Waals surface area contributed by atoms with E-state index in [-0.39, 0.29) is 18.5 Å². The van der Waals surface area contributed by atoms with Crippen LogP contribution in [0.1, 0.15) is 28.8 Å². The number of aliphatic hydroxyl groups is 1. The van der Waals surface area contributed by atoms with Gasteiger partial charge in [0.15, 0.2) is 5.78 Å². The van der Waals surface area contributed by atoms with Gasteiger partial charge in [-0.1, -0.05) is 72.8 Å². The second kappa shape index (κ2) is 15.1. The van der Waals surface area contributed by atoms with Crippen molar-refractivity contribution in [3.8, 4) is 11.1 Å². The maximum atomic E-state index is 12.6. The SMILES string of the molecule is O=C(Nc1ccccc1-c1ccccc1)OC1CCN(CCNCC(=O)c2ccc(CNCCO)cc2)CC1. The van der Waals surface area contributed by atoms with Gasteiger partial charge in [0.2, 0.25) is 0 Å². The van der Waals surface area contributed by atoms with Gasteiger partial charge in [-0.05, 0) is 30.0 Å². The monoisotopic (exact) mass is 530 g/mol. The molecule has 0 bridgehead atoms. The summed E-state index contributed by atoms with van der Waals surface area (Å²) in [5.74, 6) is 0.0665. The lowest BCUT2D eigenvalue weighted by molar-refractivity contribution is 0.0593. The molecule has 0 spiro atoms. The molecular weight excluding hydrogens is 492 g/mol. The fraction of sp³-hybridized carbons (Fsp3) is 0.355. The molecule has 1 aliphatic heterocycles. The highest BCUT2D eigenvalue weighted by Crippen LogP contribution is 2.28. The number of likely N-dealkylation sites (tertiary alicyclic amines) is 1. The van der Waals surface area contributed by atoms with Crippen LogP contribution in [0.4, 0.5) is 10.5 Å². The number of carbonyl (C=O) groups is 2. The number of aliphatic hydroxyl groups excluding tert-OH is 1. The Kier molecular flexibility index (Phi) is 11.0. The van der Waals surface area contributed by atoms with Gasteiger partial charge in [0.25, 0.3) is 0 Å². The second-order valence-corrected chi connectivity index (χ2v) is 9.68. The van der Waals surface area contributed by atoms with Crippen molar-refractivity contribution in [1.82, 2.24) is 15.5 Å². The Morgan fingerprint density at radius 2 is 1.59 bits per heavy atom. The summed E-state index contributed by atoms with van der Waals surface area (Å²) in [6.07, 6.45) is 1.03. The minimum absolute atomic E-state index is 0.0665. The van der Waals surface area contributed by atoms with Crippen LogP contribution in [0.25, 0.3) is 11.1 Å². The van der Waals surface area contributed by atoms with E-state index in [0.29, 0.717) is 25.2 Å². The van der Waals surface area contributed by atoms with Crippen LogP contribution in [0.2, 0.25) is 0 Å². The molecule has 1 amide bonds. The molecule has 0 unspecified atom stereocenters. The van der Waals surface area contributed by atoms with Crippen LogP contribution in [0.3, 0.4) is 0 Å². The number of amides is 1. The minimum atomic E-state index is -0.425. The zero-order valence-electron chi connectivity index (χ0n) is 22.3. The molecule has 39 heavy (non-hydrogen) atoms. The minimum Gasteiger partial charge on any atom is -0.446 e. The number of hydrogen-bond donors (Lipinski definition) is 4. The van der Waals surface area contributed by atoms with Gasteiger partial charge < -0.3 is 25.4 Å².